The van der Waals surface area contributed by atoms with Crippen LogP contribution in [0.5, 0.6) is 5.75 Å². The van der Waals surface area contributed by atoms with Gasteiger partial charge in [0.25, 0.3) is 0 Å². The van der Waals surface area contributed by atoms with E-state index in [1.165, 1.54) is 0 Å². The van der Waals surface area contributed by atoms with Gasteiger partial charge < -0.3 is 9.84 Å². The Morgan fingerprint density at radius 2 is 2.04 bits per heavy atom. The zero-order valence-electron chi connectivity index (χ0n) is 14.8. The highest BCUT2D eigenvalue weighted by Crippen LogP contribution is 2.36. The smallest absolute Gasteiger partial charge is 0.163 e. The molecule has 0 spiro atoms. The highest BCUT2D eigenvalue weighted by atomic mass is 16.5. The van der Waals surface area contributed by atoms with Crippen LogP contribution in [0.3, 0.4) is 0 Å². The van der Waals surface area contributed by atoms with Crippen LogP contribution in [0.25, 0.3) is 22.5 Å². The Labute approximate surface area is 150 Å². The summed E-state index contributed by atoms with van der Waals surface area (Å²) in [6.07, 6.45) is 3.62. The van der Waals surface area contributed by atoms with Crippen molar-refractivity contribution in [3.05, 3.63) is 59.8 Å². The molecule has 7 heteroatoms. The van der Waals surface area contributed by atoms with Gasteiger partial charge in [-0.15, -0.1) is 0 Å². The number of hydrogen-bond acceptors (Lipinski definition) is 5. The molecule has 132 valence electrons. The summed E-state index contributed by atoms with van der Waals surface area (Å²) in [5, 5.41) is 18.4. The van der Waals surface area contributed by atoms with Crippen molar-refractivity contribution in [2.45, 2.75) is 20.5 Å². The largest absolute Gasteiger partial charge is 0.496 e. The molecule has 0 unspecified atom stereocenters. The second-order valence-corrected chi connectivity index (χ2v) is 6.08. The predicted octanol–water partition coefficient (Wildman–Crippen LogP) is 2.70. The molecule has 3 heterocycles. The number of hydrogen-bond donors (Lipinski definition) is 1. The van der Waals surface area contributed by atoms with Crippen LogP contribution in [0.2, 0.25) is 0 Å². The summed E-state index contributed by atoms with van der Waals surface area (Å²) in [6, 6.07) is 9.62. The van der Waals surface area contributed by atoms with E-state index in [0.717, 1.165) is 28.2 Å². The van der Waals surface area contributed by atoms with Crippen LogP contribution in [0, 0.1) is 13.8 Å². The number of ether oxygens (including phenoxy) is 1. The molecule has 0 radical (unpaired) electrons. The van der Waals surface area contributed by atoms with Crippen molar-refractivity contribution >= 4 is 5.65 Å². The molecule has 1 N–H and O–H groups in total. The molecule has 0 saturated carbocycles. The lowest BCUT2D eigenvalue weighted by molar-refractivity contribution is 0.277. The fourth-order valence-electron chi connectivity index (χ4n) is 3.18. The first kappa shape index (κ1) is 16.3. The molecule has 0 fully saturated rings. The molecule has 0 atom stereocenters. The maximum absolute atomic E-state index is 9.51. The van der Waals surface area contributed by atoms with Crippen LogP contribution in [-0.2, 0) is 6.61 Å². The van der Waals surface area contributed by atoms with Crippen molar-refractivity contribution in [1.82, 2.24) is 24.4 Å². The molecule has 1 aromatic carbocycles. The Kier molecular flexibility index (Phi) is 3.93. The Morgan fingerprint density at radius 1 is 1.19 bits per heavy atom. The van der Waals surface area contributed by atoms with E-state index in [9.17, 15) is 5.11 Å². The highest BCUT2D eigenvalue weighted by molar-refractivity contribution is 5.84. The molecule has 0 aliphatic rings. The van der Waals surface area contributed by atoms with Gasteiger partial charge in [0.05, 0.1) is 36.4 Å². The lowest BCUT2D eigenvalue weighted by Gasteiger charge is -2.11. The van der Waals surface area contributed by atoms with Crippen LogP contribution < -0.4 is 4.74 Å². The van der Waals surface area contributed by atoms with Crippen LogP contribution in [0.1, 0.15) is 17.1 Å². The lowest BCUT2D eigenvalue weighted by atomic mass is 10.0. The zero-order valence-corrected chi connectivity index (χ0v) is 14.8. The number of rotatable bonds is 4. The summed E-state index contributed by atoms with van der Waals surface area (Å²) in [5.74, 6) is 0.713. The molecule has 0 aliphatic heterocycles. The molecule has 0 aliphatic carbocycles. The van der Waals surface area contributed by atoms with E-state index in [0.29, 0.717) is 17.1 Å². The number of aromatic nitrogens is 5. The van der Waals surface area contributed by atoms with E-state index in [-0.39, 0.29) is 6.61 Å². The fourth-order valence-corrected chi connectivity index (χ4v) is 3.18. The van der Waals surface area contributed by atoms with Gasteiger partial charge in [0.15, 0.2) is 5.65 Å². The molecule has 4 rings (SSSR count). The normalized spacial score (nSPS) is 11.2. The summed E-state index contributed by atoms with van der Waals surface area (Å²) >= 11 is 0. The fraction of sp³-hybridized carbons (Fsp3) is 0.211. The number of fused-ring (bicyclic) bond motifs is 1. The first-order valence-electron chi connectivity index (χ1n) is 8.27. The van der Waals surface area contributed by atoms with Gasteiger partial charge in [-0.25, -0.2) is 14.2 Å². The first-order chi connectivity index (χ1) is 12.6. The van der Waals surface area contributed by atoms with Gasteiger partial charge in [0, 0.05) is 29.7 Å². The second-order valence-electron chi connectivity index (χ2n) is 6.08. The molecule has 0 amide bonds. The summed E-state index contributed by atoms with van der Waals surface area (Å²) < 4.78 is 9.22. The quantitative estimate of drug-likeness (QED) is 0.613. The van der Waals surface area contributed by atoms with Crippen molar-refractivity contribution in [2.75, 3.05) is 7.11 Å². The van der Waals surface area contributed by atoms with Crippen molar-refractivity contribution in [3.8, 4) is 22.6 Å². The van der Waals surface area contributed by atoms with Gasteiger partial charge in [-0.3, -0.25) is 0 Å². The third kappa shape index (κ3) is 2.53. The van der Waals surface area contributed by atoms with Crippen LogP contribution in [-0.4, -0.2) is 36.6 Å². The number of nitrogens with zero attached hydrogens (tertiary/aromatic N) is 5. The van der Waals surface area contributed by atoms with Crippen molar-refractivity contribution in [2.24, 2.45) is 0 Å². The maximum atomic E-state index is 9.51. The van der Waals surface area contributed by atoms with Gasteiger partial charge >= 0.3 is 0 Å². The number of aryl methyl sites for hydroxylation is 2. The zero-order chi connectivity index (χ0) is 18.3. The SMILES string of the molecule is COc1cc(-n2cccn2)ccc1-c1c(C)nn2c(C)cc(CO)nc12. The minimum atomic E-state index is -0.115. The van der Waals surface area contributed by atoms with Crippen molar-refractivity contribution < 1.29 is 9.84 Å². The molecular formula is C19H19N5O2. The van der Waals surface area contributed by atoms with Gasteiger partial charge in [0.2, 0.25) is 0 Å². The number of aliphatic hydroxyl groups is 1. The van der Waals surface area contributed by atoms with Crippen LogP contribution >= 0.6 is 0 Å². The Morgan fingerprint density at radius 3 is 2.73 bits per heavy atom. The first-order valence-corrected chi connectivity index (χ1v) is 8.27. The van der Waals surface area contributed by atoms with E-state index in [2.05, 4.69) is 15.2 Å². The molecule has 0 bridgehead atoms. The average Bonchev–Trinajstić information content (AvgIpc) is 3.29. The maximum Gasteiger partial charge on any atom is 0.163 e. The molecular weight excluding hydrogens is 330 g/mol. The minimum Gasteiger partial charge on any atom is -0.496 e. The van der Waals surface area contributed by atoms with Crippen molar-refractivity contribution in [3.63, 3.8) is 0 Å². The number of methoxy groups -OCH3 is 1. The molecule has 7 nitrogen and oxygen atoms in total. The summed E-state index contributed by atoms with van der Waals surface area (Å²) in [6.45, 7) is 3.78. The van der Waals surface area contributed by atoms with E-state index >= 15 is 0 Å². The highest BCUT2D eigenvalue weighted by Gasteiger charge is 2.19. The minimum absolute atomic E-state index is 0.115. The molecule has 4 aromatic rings. The standard InChI is InChI=1S/C19H19N5O2/c1-12-9-14(11-25)21-19-18(13(2)22-24(12)19)16-6-5-15(10-17(16)26-3)23-8-4-7-20-23/h4-10,25H,11H2,1-3H3. The summed E-state index contributed by atoms with van der Waals surface area (Å²) in [4.78, 5) is 4.58. The van der Waals surface area contributed by atoms with E-state index in [1.807, 2.05) is 50.4 Å². The monoisotopic (exact) mass is 349 g/mol. The predicted molar refractivity (Wildman–Crippen MR) is 97.5 cm³/mol. The Balaban J connectivity index is 1.95. The Hall–Kier alpha value is -3.19. The number of benzene rings is 1. The van der Waals surface area contributed by atoms with Crippen LogP contribution in [0.4, 0.5) is 0 Å². The third-order valence-electron chi connectivity index (χ3n) is 4.38. The average molecular weight is 349 g/mol. The molecule has 3 aromatic heterocycles. The third-order valence-corrected chi connectivity index (χ3v) is 4.38. The van der Waals surface area contributed by atoms with Crippen molar-refractivity contribution in [1.29, 1.82) is 0 Å². The van der Waals surface area contributed by atoms with Gasteiger partial charge in [-0.1, -0.05) is 0 Å². The molecule has 0 saturated heterocycles. The van der Waals surface area contributed by atoms with E-state index < -0.39 is 0 Å². The van der Waals surface area contributed by atoms with Gasteiger partial charge in [0.1, 0.15) is 5.75 Å². The Bertz CT molecular complexity index is 1080. The second kappa shape index (κ2) is 6.27. The lowest BCUT2D eigenvalue weighted by Crippen LogP contribution is -2.00. The summed E-state index contributed by atoms with van der Waals surface area (Å²) in [7, 11) is 1.64. The van der Waals surface area contributed by atoms with Gasteiger partial charge in [-0.2, -0.15) is 10.2 Å². The van der Waals surface area contributed by atoms with E-state index in [1.54, 1.807) is 22.5 Å². The topological polar surface area (TPSA) is 77.5 Å². The van der Waals surface area contributed by atoms with E-state index in [4.69, 9.17) is 4.74 Å². The van der Waals surface area contributed by atoms with Crippen LogP contribution in [0.15, 0.2) is 42.7 Å². The summed E-state index contributed by atoms with van der Waals surface area (Å²) in [5.41, 5.74) is 5.79. The molecule has 26 heavy (non-hydrogen) atoms. The number of aliphatic hydroxyl groups excluding tert-OH is 1. The van der Waals surface area contributed by atoms with Gasteiger partial charge in [-0.05, 0) is 38.1 Å².